The zero-order valence-corrected chi connectivity index (χ0v) is 15.4. The molecule has 2 aromatic carbocycles. The molecule has 2 heterocycles. The van der Waals surface area contributed by atoms with Crippen LogP contribution in [0, 0.1) is 6.92 Å². The number of ether oxygens (including phenoxy) is 1. The van der Waals surface area contributed by atoms with Crippen LogP contribution in [0.15, 0.2) is 47.3 Å². The molecule has 1 N–H and O–H groups in total. The predicted molar refractivity (Wildman–Crippen MR) is 103 cm³/mol. The highest BCUT2D eigenvalue weighted by molar-refractivity contribution is 5.97. The molecule has 1 aromatic heterocycles. The van der Waals surface area contributed by atoms with E-state index in [1.807, 2.05) is 31.2 Å². The second-order valence-electron chi connectivity index (χ2n) is 6.65. The molecule has 0 aliphatic carbocycles. The Hall–Kier alpha value is -3.15. The Labute approximate surface area is 156 Å². The maximum absolute atomic E-state index is 12.8. The number of carbonyl (C=O) groups excluding carboxylic acids is 1. The Morgan fingerprint density at radius 2 is 2.11 bits per heavy atom. The van der Waals surface area contributed by atoms with Gasteiger partial charge in [-0.15, -0.1) is 0 Å². The number of aryl methyl sites for hydroxylation is 2. The molecule has 3 aromatic rings. The van der Waals surface area contributed by atoms with Gasteiger partial charge < -0.3 is 14.6 Å². The summed E-state index contributed by atoms with van der Waals surface area (Å²) in [7, 11) is 0. The SMILES string of the molecule is CCn1c(=O)c(C)nc2cc(C(=O)N[C@H]3CCOc4ccccc43)ccc21. The molecule has 1 aliphatic rings. The average molecular weight is 363 g/mol. The number of amides is 1. The molecule has 1 atom stereocenters. The predicted octanol–water partition coefficient (Wildman–Crippen LogP) is 2.98. The molecule has 1 aliphatic heterocycles. The van der Waals surface area contributed by atoms with E-state index >= 15 is 0 Å². The Bertz CT molecular complexity index is 1090. The lowest BCUT2D eigenvalue weighted by Gasteiger charge is -2.26. The van der Waals surface area contributed by atoms with Gasteiger partial charge in [-0.25, -0.2) is 4.98 Å². The molecule has 0 spiro atoms. The summed E-state index contributed by atoms with van der Waals surface area (Å²) in [6.45, 7) is 4.75. The maximum atomic E-state index is 12.8. The summed E-state index contributed by atoms with van der Waals surface area (Å²) >= 11 is 0. The Kier molecular flexibility index (Phi) is 4.39. The highest BCUT2D eigenvalue weighted by Crippen LogP contribution is 2.31. The van der Waals surface area contributed by atoms with Gasteiger partial charge in [0.05, 0.1) is 23.7 Å². The van der Waals surface area contributed by atoms with E-state index in [0.717, 1.165) is 23.3 Å². The number of nitrogens with zero attached hydrogens (tertiary/aromatic N) is 2. The lowest BCUT2D eigenvalue weighted by molar-refractivity contribution is 0.0925. The van der Waals surface area contributed by atoms with Crippen molar-refractivity contribution in [1.29, 1.82) is 0 Å². The molecular weight excluding hydrogens is 342 g/mol. The third-order valence-electron chi connectivity index (χ3n) is 4.95. The number of nitrogens with one attached hydrogen (secondary N) is 1. The van der Waals surface area contributed by atoms with E-state index in [2.05, 4.69) is 10.3 Å². The van der Waals surface area contributed by atoms with Gasteiger partial charge in [0.2, 0.25) is 0 Å². The van der Waals surface area contributed by atoms with Gasteiger partial charge in [-0.1, -0.05) is 18.2 Å². The molecule has 6 heteroatoms. The molecule has 0 saturated heterocycles. The summed E-state index contributed by atoms with van der Waals surface area (Å²) < 4.78 is 7.33. The third-order valence-corrected chi connectivity index (χ3v) is 4.95. The van der Waals surface area contributed by atoms with Gasteiger partial charge >= 0.3 is 0 Å². The number of benzene rings is 2. The molecule has 6 nitrogen and oxygen atoms in total. The minimum atomic E-state index is -0.160. The first kappa shape index (κ1) is 17.3. The van der Waals surface area contributed by atoms with E-state index in [4.69, 9.17) is 4.74 Å². The second kappa shape index (κ2) is 6.87. The summed E-state index contributed by atoms with van der Waals surface area (Å²) in [6, 6.07) is 13.0. The van der Waals surface area contributed by atoms with Crippen molar-refractivity contribution in [2.75, 3.05) is 6.61 Å². The topological polar surface area (TPSA) is 73.2 Å². The van der Waals surface area contributed by atoms with Crippen molar-refractivity contribution < 1.29 is 9.53 Å². The summed E-state index contributed by atoms with van der Waals surface area (Å²) in [5.74, 6) is 0.657. The number of carbonyl (C=O) groups is 1. The second-order valence-corrected chi connectivity index (χ2v) is 6.65. The van der Waals surface area contributed by atoms with Crippen LogP contribution in [-0.4, -0.2) is 22.1 Å². The Morgan fingerprint density at radius 1 is 1.30 bits per heavy atom. The Morgan fingerprint density at radius 3 is 2.93 bits per heavy atom. The minimum absolute atomic E-state index is 0.0857. The van der Waals surface area contributed by atoms with Crippen LogP contribution in [0.25, 0.3) is 11.0 Å². The van der Waals surface area contributed by atoms with Crippen molar-refractivity contribution in [2.24, 2.45) is 0 Å². The zero-order valence-electron chi connectivity index (χ0n) is 15.4. The molecule has 1 amide bonds. The third kappa shape index (κ3) is 3.07. The van der Waals surface area contributed by atoms with Crippen molar-refractivity contribution in [1.82, 2.24) is 14.9 Å². The highest BCUT2D eigenvalue weighted by Gasteiger charge is 2.23. The van der Waals surface area contributed by atoms with Gasteiger partial charge in [0.25, 0.3) is 11.5 Å². The summed E-state index contributed by atoms with van der Waals surface area (Å²) in [4.78, 5) is 29.4. The summed E-state index contributed by atoms with van der Waals surface area (Å²) in [6.07, 6.45) is 0.725. The van der Waals surface area contributed by atoms with Gasteiger partial charge in [0.15, 0.2) is 0 Å². The van der Waals surface area contributed by atoms with E-state index in [-0.39, 0.29) is 17.5 Å². The number of hydrogen-bond acceptors (Lipinski definition) is 4. The zero-order chi connectivity index (χ0) is 19.0. The van der Waals surface area contributed by atoms with Gasteiger partial charge in [0.1, 0.15) is 11.4 Å². The van der Waals surface area contributed by atoms with Crippen molar-refractivity contribution in [3.05, 3.63) is 69.6 Å². The Balaban J connectivity index is 1.66. The number of hydrogen-bond donors (Lipinski definition) is 1. The monoisotopic (exact) mass is 363 g/mol. The average Bonchev–Trinajstić information content (AvgIpc) is 2.69. The molecule has 0 radical (unpaired) electrons. The van der Waals surface area contributed by atoms with Gasteiger partial charge in [-0.2, -0.15) is 0 Å². The normalized spacial score (nSPS) is 15.9. The molecule has 0 unspecified atom stereocenters. The van der Waals surface area contributed by atoms with Crippen LogP contribution >= 0.6 is 0 Å². The summed E-state index contributed by atoms with van der Waals surface area (Å²) in [5, 5.41) is 3.10. The number of rotatable bonds is 3. The number of aromatic nitrogens is 2. The fourth-order valence-electron chi connectivity index (χ4n) is 3.56. The highest BCUT2D eigenvalue weighted by atomic mass is 16.5. The van der Waals surface area contributed by atoms with Gasteiger partial charge in [-0.3, -0.25) is 9.59 Å². The minimum Gasteiger partial charge on any atom is -0.493 e. The van der Waals surface area contributed by atoms with E-state index < -0.39 is 0 Å². The lowest BCUT2D eigenvalue weighted by Crippen LogP contribution is -2.32. The van der Waals surface area contributed by atoms with Crippen LogP contribution in [0.4, 0.5) is 0 Å². The van der Waals surface area contributed by atoms with Crippen molar-refractivity contribution in [3.63, 3.8) is 0 Å². The number of para-hydroxylation sites is 1. The van der Waals surface area contributed by atoms with Crippen molar-refractivity contribution in [2.45, 2.75) is 32.9 Å². The first-order chi connectivity index (χ1) is 13.1. The molecule has 0 saturated carbocycles. The maximum Gasteiger partial charge on any atom is 0.272 e. The van der Waals surface area contributed by atoms with E-state index in [1.165, 1.54) is 0 Å². The largest absolute Gasteiger partial charge is 0.493 e. The van der Waals surface area contributed by atoms with Crippen molar-refractivity contribution in [3.8, 4) is 5.75 Å². The molecule has 138 valence electrons. The fourth-order valence-corrected chi connectivity index (χ4v) is 3.56. The van der Waals surface area contributed by atoms with Crippen LogP contribution in [-0.2, 0) is 6.54 Å². The number of fused-ring (bicyclic) bond motifs is 2. The fraction of sp³-hybridized carbons (Fsp3) is 0.286. The molecule has 0 bridgehead atoms. The smallest absolute Gasteiger partial charge is 0.272 e. The van der Waals surface area contributed by atoms with E-state index in [1.54, 1.807) is 29.7 Å². The van der Waals surface area contributed by atoms with Gasteiger partial charge in [-0.05, 0) is 38.1 Å². The van der Waals surface area contributed by atoms with Crippen LogP contribution in [0.3, 0.4) is 0 Å². The van der Waals surface area contributed by atoms with Crippen LogP contribution in [0.1, 0.15) is 41.0 Å². The first-order valence-corrected chi connectivity index (χ1v) is 9.12. The first-order valence-electron chi connectivity index (χ1n) is 9.12. The standard InChI is InChI=1S/C21H21N3O3/c1-3-24-18-9-8-14(12-17(18)22-13(2)21(24)26)20(25)23-16-10-11-27-19-7-5-4-6-15(16)19/h4-9,12,16H,3,10-11H2,1-2H3,(H,23,25)/t16-/m0/s1. The molecular formula is C21H21N3O3. The summed E-state index contributed by atoms with van der Waals surface area (Å²) in [5.41, 5.74) is 3.24. The van der Waals surface area contributed by atoms with Crippen LogP contribution < -0.4 is 15.6 Å². The van der Waals surface area contributed by atoms with Crippen molar-refractivity contribution >= 4 is 16.9 Å². The van der Waals surface area contributed by atoms with Crippen LogP contribution in [0.2, 0.25) is 0 Å². The quantitative estimate of drug-likeness (QED) is 0.776. The molecule has 27 heavy (non-hydrogen) atoms. The van der Waals surface area contributed by atoms with Crippen LogP contribution in [0.5, 0.6) is 5.75 Å². The molecule has 4 rings (SSSR count). The van der Waals surface area contributed by atoms with E-state index in [9.17, 15) is 9.59 Å². The van der Waals surface area contributed by atoms with Gasteiger partial charge in [0, 0.05) is 24.1 Å². The van der Waals surface area contributed by atoms with E-state index in [0.29, 0.717) is 29.9 Å². The lowest BCUT2D eigenvalue weighted by atomic mass is 10.00. The molecule has 0 fully saturated rings.